The fourth-order valence-corrected chi connectivity index (χ4v) is 4.56. The summed E-state index contributed by atoms with van der Waals surface area (Å²) in [6, 6.07) is 16.1. The number of hydrogen-bond donors (Lipinski definition) is 1. The van der Waals surface area contributed by atoms with E-state index in [4.69, 9.17) is 0 Å². The molecule has 1 N–H and O–H groups in total. The lowest BCUT2D eigenvalue weighted by Gasteiger charge is -2.24. The van der Waals surface area contributed by atoms with Gasteiger partial charge in [-0.3, -0.25) is 0 Å². The molecule has 0 aliphatic heterocycles. The van der Waals surface area contributed by atoms with Crippen LogP contribution >= 0.6 is 11.8 Å². The first-order valence-corrected chi connectivity index (χ1v) is 9.20. The number of benzene rings is 2. The van der Waals surface area contributed by atoms with Crippen LogP contribution in [0.3, 0.4) is 0 Å². The van der Waals surface area contributed by atoms with E-state index in [0.29, 0.717) is 6.04 Å². The summed E-state index contributed by atoms with van der Waals surface area (Å²) in [4.78, 5) is 1.40. The first-order valence-electron chi connectivity index (χ1n) is 8.22. The highest BCUT2D eigenvalue weighted by Gasteiger charge is 2.24. The van der Waals surface area contributed by atoms with Gasteiger partial charge in [0.15, 0.2) is 0 Å². The van der Waals surface area contributed by atoms with Crippen LogP contribution in [0.15, 0.2) is 47.4 Å². The van der Waals surface area contributed by atoms with Gasteiger partial charge in [0.1, 0.15) is 0 Å². The molecule has 112 valence electrons. The van der Waals surface area contributed by atoms with Gasteiger partial charge in [-0.25, -0.2) is 0 Å². The summed E-state index contributed by atoms with van der Waals surface area (Å²) < 4.78 is 0. The normalized spacial score (nSPS) is 17.4. The van der Waals surface area contributed by atoms with Gasteiger partial charge in [0.05, 0.1) is 0 Å². The van der Waals surface area contributed by atoms with Crippen molar-refractivity contribution in [2.24, 2.45) is 5.92 Å². The Morgan fingerprint density at radius 1 is 1.10 bits per heavy atom. The van der Waals surface area contributed by atoms with Crippen LogP contribution in [0.5, 0.6) is 0 Å². The summed E-state index contributed by atoms with van der Waals surface area (Å²) in [6.45, 7) is 3.31. The predicted octanol–water partition coefficient (Wildman–Crippen LogP) is 5.10. The zero-order chi connectivity index (χ0) is 14.5. The first-order chi connectivity index (χ1) is 10.4. The standard InChI is InChI=1S/C19H25NS/c1-2-20-19(16-8-4-5-9-16)14-21-18-12-11-15-7-3-6-10-17(15)13-18/h3,6-7,10-13,16,19-20H,2,4-5,8-9,14H2,1H3. The van der Waals surface area contributed by atoms with Crippen molar-refractivity contribution in [1.29, 1.82) is 0 Å². The molecule has 0 saturated heterocycles. The van der Waals surface area contributed by atoms with Gasteiger partial charge in [0, 0.05) is 16.7 Å². The molecule has 1 atom stereocenters. The van der Waals surface area contributed by atoms with Crippen molar-refractivity contribution in [1.82, 2.24) is 5.32 Å². The van der Waals surface area contributed by atoms with Gasteiger partial charge in [0.2, 0.25) is 0 Å². The molecule has 1 nitrogen and oxygen atoms in total. The van der Waals surface area contributed by atoms with Gasteiger partial charge in [0.25, 0.3) is 0 Å². The quantitative estimate of drug-likeness (QED) is 0.745. The Morgan fingerprint density at radius 2 is 1.86 bits per heavy atom. The molecule has 0 heterocycles. The summed E-state index contributed by atoms with van der Waals surface area (Å²) in [5.74, 6) is 2.08. The maximum Gasteiger partial charge on any atom is 0.0189 e. The molecule has 2 aromatic carbocycles. The number of fused-ring (bicyclic) bond motifs is 1. The minimum Gasteiger partial charge on any atom is -0.313 e. The van der Waals surface area contributed by atoms with Crippen LogP contribution in [0.4, 0.5) is 0 Å². The lowest BCUT2D eigenvalue weighted by molar-refractivity contribution is 0.394. The molecule has 0 aromatic heterocycles. The van der Waals surface area contributed by atoms with Crippen molar-refractivity contribution in [3.05, 3.63) is 42.5 Å². The molecule has 0 spiro atoms. The largest absolute Gasteiger partial charge is 0.313 e. The number of thioether (sulfide) groups is 1. The molecule has 1 saturated carbocycles. The second kappa shape index (κ2) is 7.33. The molecule has 3 rings (SSSR count). The molecule has 0 bridgehead atoms. The minimum atomic E-state index is 0.675. The van der Waals surface area contributed by atoms with Crippen molar-refractivity contribution < 1.29 is 0 Å². The predicted molar refractivity (Wildman–Crippen MR) is 94.1 cm³/mol. The molecule has 1 fully saturated rings. The summed E-state index contributed by atoms with van der Waals surface area (Å²) in [7, 11) is 0. The van der Waals surface area contributed by atoms with Crippen LogP contribution in [0.25, 0.3) is 10.8 Å². The highest BCUT2D eigenvalue weighted by molar-refractivity contribution is 7.99. The zero-order valence-corrected chi connectivity index (χ0v) is 13.7. The number of nitrogens with one attached hydrogen (secondary N) is 1. The van der Waals surface area contributed by atoms with Crippen LogP contribution in [0, 0.1) is 5.92 Å². The van der Waals surface area contributed by atoms with Crippen LogP contribution in [0.1, 0.15) is 32.6 Å². The molecule has 21 heavy (non-hydrogen) atoms. The lowest BCUT2D eigenvalue weighted by atomic mass is 10.00. The summed E-state index contributed by atoms with van der Waals surface area (Å²) in [5, 5.41) is 6.40. The maximum atomic E-state index is 3.71. The summed E-state index contributed by atoms with van der Waals surface area (Å²) >= 11 is 2.01. The maximum absolute atomic E-state index is 3.71. The van der Waals surface area contributed by atoms with Gasteiger partial charge in [-0.15, -0.1) is 11.8 Å². The van der Waals surface area contributed by atoms with Crippen LogP contribution in [-0.2, 0) is 0 Å². The SMILES string of the molecule is CCNC(CSc1ccc2ccccc2c1)C1CCCC1. The summed E-state index contributed by atoms with van der Waals surface area (Å²) in [6.07, 6.45) is 5.67. The lowest BCUT2D eigenvalue weighted by Crippen LogP contribution is -2.37. The van der Waals surface area contributed by atoms with Crippen molar-refractivity contribution in [3.63, 3.8) is 0 Å². The van der Waals surface area contributed by atoms with Crippen LogP contribution in [-0.4, -0.2) is 18.3 Å². The molecule has 2 heteroatoms. The topological polar surface area (TPSA) is 12.0 Å². The second-order valence-corrected chi connectivity index (χ2v) is 7.12. The molecule has 0 radical (unpaired) electrons. The Hall–Kier alpha value is -0.990. The minimum absolute atomic E-state index is 0.675. The van der Waals surface area contributed by atoms with E-state index in [-0.39, 0.29) is 0 Å². The Balaban J connectivity index is 1.65. The summed E-state index contributed by atoms with van der Waals surface area (Å²) in [5.41, 5.74) is 0. The van der Waals surface area contributed by atoms with Gasteiger partial charge < -0.3 is 5.32 Å². The third kappa shape index (κ3) is 3.81. The Morgan fingerprint density at radius 3 is 2.62 bits per heavy atom. The highest BCUT2D eigenvalue weighted by Crippen LogP contribution is 2.31. The third-order valence-corrected chi connectivity index (χ3v) is 5.70. The van der Waals surface area contributed by atoms with Gasteiger partial charge in [-0.2, -0.15) is 0 Å². The Kier molecular flexibility index (Phi) is 5.21. The molecular weight excluding hydrogens is 274 g/mol. The fraction of sp³-hybridized carbons (Fsp3) is 0.474. The van der Waals surface area contributed by atoms with Crippen LogP contribution < -0.4 is 5.32 Å². The van der Waals surface area contributed by atoms with E-state index in [0.717, 1.165) is 12.5 Å². The van der Waals surface area contributed by atoms with E-state index in [2.05, 4.69) is 54.7 Å². The average molecular weight is 299 g/mol. The monoisotopic (exact) mass is 299 g/mol. The van der Waals surface area contributed by atoms with E-state index in [1.165, 1.54) is 47.1 Å². The molecule has 1 aliphatic carbocycles. The fourth-order valence-electron chi connectivity index (χ4n) is 3.43. The van der Waals surface area contributed by atoms with Crippen molar-refractivity contribution in [3.8, 4) is 0 Å². The van der Waals surface area contributed by atoms with Gasteiger partial charge >= 0.3 is 0 Å². The molecule has 1 unspecified atom stereocenters. The van der Waals surface area contributed by atoms with E-state index in [1.807, 2.05) is 11.8 Å². The van der Waals surface area contributed by atoms with E-state index in [9.17, 15) is 0 Å². The second-order valence-electron chi connectivity index (χ2n) is 6.03. The van der Waals surface area contributed by atoms with Crippen molar-refractivity contribution in [2.75, 3.05) is 12.3 Å². The van der Waals surface area contributed by atoms with E-state index < -0.39 is 0 Å². The molecule has 0 amide bonds. The number of hydrogen-bond acceptors (Lipinski definition) is 2. The smallest absolute Gasteiger partial charge is 0.0189 e. The highest BCUT2D eigenvalue weighted by atomic mass is 32.2. The average Bonchev–Trinajstić information content (AvgIpc) is 3.05. The van der Waals surface area contributed by atoms with Crippen molar-refractivity contribution in [2.45, 2.75) is 43.5 Å². The van der Waals surface area contributed by atoms with E-state index >= 15 is 0 Å². The molecule has 1 aliphatic rings. The van der Waals surface area contributed by atoms with Crippen molar-refractivity contribution >= 4 is 22.5 Å². The Labute approximate surface area is 132 Å². The number of rotatable bonds is 6. The van der Waals surface area contributed by atoms with Gasteiger partial charge in [-0.1, -0.05) is 50.1 Å². The first kappa shape index (κ1) is 14.9. The van der Waals surface area contributed by atoms with Crippen LogP contribution in [0.2, 0.25) is 0 Å². The molecular formula is C19H25NS. The van der Waals surface area contributed by atoms with Gasteiger partial charge in [-0.05, 0) is 48.2 Å². The molecule has 2 aromatic rings. The zero-order valence-electron chi connectivity index (χ0n) is 12.8. The third-order valence-electron chi connectivity index (χ3n) is 4.59. The van der Waals surface area contributed by atoms with E-state index in [1.54, 1.807) is 0 Å². The Bertz CT molecular complexity index is 575.